The van der Waals surface area contributed by atoms with Crippen molar-refractivity contribution in [2.24, 2.45) is 0 Å². The standard InChI is InChI=1S/C15H14BrNO.ClH/c16-14-8-6-13(7-9-14)15(18)11-17-10-12-4-2-1-3-5-12;/h1-9,17H,10-11H2;1H. The van der Waals surface area contributed by atoms with E-state index in [1.54, 1.807) is 0 Å². The molecular formula is C15H15BrClNO. The third kappa shape index (κ3) is 5.15. The third-order valence-electron chi connectivity index (χ3n) is 2.62. The van der Waals surface area contributed by atoms with Crippen molar-refractivity contribution in [2.75, 3.05) is 6.54 Å². The molecule has 19 heavy (non-hydrogen) atoms. The van der Waals surface area contributed by atoms with Gasteiger partial charge in [0.15, 0.2) is 5.78 Å². The normalized spacial score (nSPS) is 9.74. The fourth-order valence-corrected chi connectivity index (χ4v) is 1.92. The number of carbonyl (C=O) groups excluding carboxylic acids is 1. The van der Waals surface area contributed by atoms with Crippen LogP contribution in [0.25, 0.3) is 0 Å². The Hall–Kier alpha value is -1.16. The van der Waals surface area contributed by atoms with Crippen molar-refractivity contribution in [3.8, 4) is 0 Å². The smallest absolute Gasteiger partial charge is 0.176 e. The number of carbonyl (C=O) groups is 1. The fourth-order valence-electron chi connectivity index (χ4n) is 1.65. The molecule has 2 nitrogen and oxygen atoms in total. The molecule has 0 saturated carbocycles. The van der Waals surface area contributed by atoms with E-state index < -0.39 is 0 Å². The molecule has 2 aromatic carbocycles. The van der Waals surface area contributed by atoms with Gasteiger partial charge in [-0.1, -0.05) is 58.4 Å². The Morgan fingerprint density at radius 2 is 1.63 bits per heavy atom. The summed E-state index contributed by atoms with van der Waals surface area (Å²) >= 11 is 3.35. The van der Waals surface area contributed by atoms with E-state index in [9.17, 15) is 4.79 Å². The van der Waals surface area contributed by atoms with Crippen LogP contribution >= 0.6 is 28.3 Å². The molecule has 0 bridgehead atoms. The molecule has 0 saturated heterocycles. The van der Waals surface area contributed by atoms with E-state index in [1.165, 1.54) is 5.56 Å². The molecule has 0 aliphatic rings. The number of hydrogen-bond acceptors (Lipinski definition) is 2. The van der Waals surface area contributed by atoms with Crippen molar-refractivity contribution in [1.82, 2.24) is 5.32 Å². The molecule has 0 atom stereocenters. The molecule has 0 radical (unpaired) electrons. The lowest BCUT2D eigenvalue weighted by molar-refractivity contribution is 0.0991. The highest BCUT2D eigenvalue weighted by atomic mass is 79.9. The number of halogens is 2. The van der Waals surface area contributed by atoms with Crippen molar-refractivity contribution in [3.05, 3.63) is 70.2 Å². The molecule has 0 aliphatic heterocycles. The molecule has 4 heteroatoms. The minimum absolute atomic E-state index is 0. The number of nitrogens with one attached hydrogen (secondary N) is 1. The van der Waals surface area contributed by atoms with E-state index in [0.29, 0.717) is 13.1 Å². The first kappa shape index (κ1) is 15.9. The van der Waals surface area contributed by atoms with Crippen LogP contribution in [0.1, 0.15) is 15.9 Å². The zero-order valence-corrected chi connectivity index (χ0v) is 12.7. The molecule has 100 valence electrons. The van der Waals surface area contributed by atoms with E-state index in [2.05, 4.69) is 21.2 Å². The van der Waals surface area contributed by atoms with Gasteiger partial charge < -0.3 is 5.32 Å². The summed E-state index contributed by atoms with van der Waals surface area (Å²) in [5.41, 5.74) is 1.92. The predicted octanol–water partition coefficient (Wildman–Crippen LogP) is 3.84. The van der Waals surface area contributed by atoms with Gasteiger partial charge in [0.05, 0.1) is 6.54 Å². The largest absolute Gasteiger partial charge is 0.306 e. The van der Waals surface area contributed by atoms with E-state index in [0.717, 1.165) is 10.0 Å². The topological polar surface area (TPSA) is 29.1 Å². The Labute approximate surface area is 127 Å². The molecule has 0 amide bonds. The summed E-state index contributed by atoms with van der Waals surface area (Å²) in [6.45, 7) is 1.07. The third-order valence-corrected chi connectivity index (χ3v) is 3.15. The quantitative estimate of drug-likeness (QED) is 0.838. The van der Waals surface area contributed by atoms with Crippen LogP contribution in [0.4, 0.5) is 0 Å². The lowest BCUT2D eigenvalue weighted by Crippen LogP contribution is -2.22. The van der Waals surface area contributed by atoms with Crippen molar-refractivity contribution in [3.63, 3.8) is 0 Å². The second-order valence-corrected chi connectivity index (χ2v) is 4.93. The van der Waals surface area contributed by atoms with Gasteiger partial charge in [0.2, 0.25) is 0 Å². The van der Waals surface area contributed by atoms with Crippen LogP contribution in [0.5, 0.6) is 0 Å². The van der Waals surface area contributed by atoms with Gasteiger partial charge in [-0.05, 0) is 17.7 Å². The van der Waals surface area contributed by atoms with Gasteiger partial charge in [-0.2, -0.15) is 0 Å². The van der Waals surface area contributed by atoms with Crippen LogP contribution in [0.2, 0.25) is 0 Å². The molecular weight excluding hydrogens is 326 g/mol. The molecule has 2 aromatic rings. The lowest BCUT2D eigenvalue weighted by atomic mass is 10.1. The first-order valence-corrected chi connectivity index (χ1v) is 6.58. The molecule has 1 N–H and O–H groups in total. The molecule has 0 aliphatic carbocycles. The SMILES string of the molecule is Cl.O=C(CNCc1ccccc1)c1ccc(Br)cc1. The highest BCUT2D eigenvalue weighted by Crippen LogP contribution is 2.10. The first-order chi connectivity index (χ1) is 8.75. The summed E-state index contributed by atoms with van der Waals surface area (Å²) in [6.07, 6.45) is 0. The zero-order valence-electron chi connectivity index (χ0n) is 10.3. The lowest BCUT2D eigenvalue weighted by Gasteiger charge is -2.04. The molecule has 0 aromatic heterocycles. The summed E-state index contributed by atoms with van der Waals surface area (Å²) in [6, 6.07) is 17.5. The van der Waals surface area contributed by atoms with Crippen LogP contribution in [0.15, 0.2) is 59.1 Å². The number of Topliss-reactive ketones (excluding diaryl/α,β-unsaturated/α-hetero) is 1. The number of ketones is 1. The Morgan fingerprint density at radius 1 is 1.00 bits per heavy atom. The van der Waals surface area contributed by atoms with Gasteiger partial charge in [0.25, 0.3) is 0 Å². The van der Waals surface area contributed by atoms with Crippen molar-refractivity contribution < 1.29 is 4.79 Å². The average Bonchev–Trinajstić information content (AvgIpc) is 2.40. The van der Waals surface area contributed by atoms with Crippen LogP contribution in [0.3, 0.4) is 0 Å². The second-order valence-electron chi connectivity index (χ2n) is 4.02. The highest BCUT2D eigenvalue weighted by molar-refractivity contribution is 9.10. The van der Waals surface area contributed by atoms with Crippen LogP contribution in [-0.2, 0) is 6.54 Å². The molecule has 0 heterocycles. The fraction of sp³-hybridized carbons (Fsp3) is 0.133. The van der Waals surface area contributed by atoms with Gasteiger partial charge in [-0.25, -0.2) is 0 Å². The van der Waals surface area contributed by atoms with Gasteiger partial charge in [0.1, 0.15) is 0 Å². The Bertz CT molecular complexity index is 513. The minimum atomic E-state index is 0. The Balaban J connectivity index is 0.00000180. The summed E-state index contributed by atoms with van der Waals surface area (Å²) in [7, 11) is 0. The van der Waals surface area contributed by atoms with E-state index in [4.69, 9.17) is 0 Å². The van der Waals surface area contributed by atoms with E-state index >= 15 is 0 Å². The first-order valence-electron chi connectivity index (χ1n) is 5.79. The van der Waals surface area contributed by atoms with Crippen LogP contribution in [-0.4, -0.2) is 12.3 Å². The summed E-state index contributed by atoms with van der Waals surface area (Å²) in [5.74, 6) is 0.110. The van der Waals surface area contributed by atoms with Crippen LogP contribution < -0.4 is 5.32 Å². The van der Waals surface area contributed by atoms with Crippen molar-refractivity contribution in [2.45, 2.75) is 6.54 Å². The van der Waals surface area contributed by atoms with Crippen molar-refractivity contribution >= 4 is 34.1 Å². The zero-order chi connectivity index (χ0) is 12.8. The molecule has 0 fully saturated rings. The van der Waals surface area contributed by atoms with E-state index in [1.807, 2.05) is 54.6 Å². The number of benzene rings is 2. The molecule has 0 spiro atoms. The van der Waals surface area contributed by atoms with Gasteiger partial charge in [-0.3, -0.25) is 4.79 Å². The molecule has 2 rings (SSSR count). The number of hydrogen-bond donors (Lipinski definition) is 1. The summed E-state index contributed by atoms with van der Waals surface area (Å²) in [5, 5.41) is 3.15. The monoisotopic (exact) mass is 339 g/mol. The number of rotatable bonds is 5. The maximum atomic E-state index is 11.9. The maximum Gasteiger partial charge on any atom is 0.176 e. The van der Waals surface area contributed by atoms with Crippen LogP contribution in [0, 0.1) is 0 Å². The highest BCUT2D eigenvalue weighted by Gasteiger charge is 2.04. The summed E-state index contributed by atoms with van der Waals surface area (Å²) in [4.78, 5) is 11.9. The average molecular weight is 341 g/mol. The van der Waals surface area contributed by atoms with Crippen molar-refractivity contribution in [1.29, 1.82) is 0 Å². The Morgan fingerprint density at radius 3 is 2.26 bits per heavy atom. The predicted molar refractivity (Wildman–Crippen MR) is 83.9 cm³/mol. The Kier molecular flexibility index (Phi) is 6.78. The van der Waals surface area contributed by atoms with E-state index in [-0.39, 0.29) is 18.2 Å². The summed E-state index contributed by atoms with van der Waals surface area (Å²) < 4.78 is 0.983. The minimum Gasteiger partial charge on any atom is -0.306 e. The second kappa shape index (κ2) is 8.10. The van der Waals surface area contributed by atoms with Gasteiger partial charge >= 0.3 is 0 Å². The maximum absolute atomic E-state index is 11.9. The van der Waals surface area contributed by atoms with Gasteiger partial charge in [0, 0.05) is 16.6 Å². The molecule has 0 unspecified atom stereocenters. The van der Waals surface area contributed by atoms with Gasteiger partial charge in [-0.15, -0.1) is 12.4 Å².